The number of carbonyl (C=O) groups is 1. The van der Waals surface area contributed by atoms with E-state index in [9.17, 15) is 4.79 Å². The van der Waals surface area contributed by atoms with E-state index in [1.807, 2.05) is 35.2 Å². The molecule has 0 radical (unpaired) electrons. The number of rotatable bonds is 9. The van der Waals surface area contributed by atoms with Gasteiger partial charge in [-0.1, -0.05) is 48.3 Å². The summed E-state index contributed by atoms with van der Waals surface area (Å²) in [5, 5.41) is 4.12. The summed E-state index contributed by atoms with van der Waals surface area (Å²) in [5.74, 6) is 1.51. The molecule has 1 amide bonds. The minimum atomic E-state index is 0. The van der Waals surface area contributed by atoms with Gasteiger partial charge in [0.25, 0.3) is 0 Å². The fourth-order valence-corrected chi connectivity index (χ4v) is 3.56. The Hall–Kier alpha value is -1.67. The quantitative estimate of drug-likeness (QED) is 0.577. The zero-order valence-corrected chi connectivity index (χ0v) is 19.2. The Morgan fingerprint density at radius 3 is 2.40 bits per heavy atom. The first-order valence-corrected chi connectivity index (χ1v) is 10.3. The largest absolute Gasteiger partial charge is 0.340 e. The fourth-order valence-electron chi connectivity index (χ4n) is 3.56. The van der Waals surface area contributed by atoms with Gasteiger partial charge in [-0.3, -0.25) is 9.69 Å². The van der Waals surface area contributed by atoms with Gasteiger partial charge in [0.2, 0.25) is 17.6 Å². The Labute approximate surface area is 191 Å². The van der Waals surface area contributed by atoms with Crippen molar-refractivity contribution < 1.29 is 9.32 Å². The molecule has 1 aromatic carbocycles. The number of amides is 1. The molecule has 1 atom stereocenters. The third-order valence-corrected chi connectivity index (χ3v) is 5.39. The zero-order valence-electron chi connectivity index (χ0n) is 17.5. The van der Waals surface area contributed by atoms with Crippen molar-refractivity contribution >= 4 is 30.7 Å². The minimum absolute atomic E-state index is 0. The van der Waals surface area contributed by atoms with Crippen molar-refractivity contribution in [3.63, 3.8) is 0 Å². The fraction of sp³-hybridized carbons (Fsp3) is 0.571. The first-order chi connectivity index (χ1) is 13.7. The van der Waals surface area contributed by atoms with Gasteiger partial charge in [0.05, 0.1) is 6.04 Å². The lowest BCUT2D eigenvalue weighted by Crippen LogP contribution is -2.49. The average Bonchev–Trinajstić information content (AvgIpc) is 3.24. The van der Waals surface area contributed by atoms with Gasteiger partial charge in [0.15, 0.2) is 0 Å². The van der Waals surface area contributed by atoms with E-state index in [2.05, 4.69) is 22.0 Å². The van der Waals surface area contributed by atoms with Gasteiger partial charge in [0.1, 0.15) is 0 Å². The molecule has 0 spiro atoms. The predicted octanol–water partition coefficient (Wildman–Crippen LogP) is 3.69. The van der Waals surface area contributed by atoms with E-state index in [0.29, 0.717) is 18.1 Å². The molecule has 3 rings (SSSR count). The first-order valence-electron chi connectivity index (χ1n) is 10.3. The lowest BCUT2D eigenvalue weighted by Gasteiger charge is -2.36. The summed E-state index contributed by atoms with van der Waals surface area (Å²) < 4.78 is 5.50. The molecule has 0 saturated carbocycles. The van der Waals surface area contributed by atoms with E-state index in [-0.39, 0.29) is 36.8 Å². The highest BCUT2D eigenvalue weighted by Gasteiger charge is 2.27. The summed E-state index contributed by atoms with van der Waals surface area (Å²) in [6.07, 6.45) is 4.85. The van der Waals surface area contributed by atoms with E-state index in [1.54, 1.807) is 0 Å². The van der Waals surface area contributed by atoms with E-state index in [0.717, 1.165) is 64.0 Å². The highest BCUT2D eigenvalue weighted by molar-refractivity contribution is 5.85. The molecular formula is C21H33Cl2N5O2. The third kappa shape index (κ3) is 7.23. The maximum Gasteiger partial charge on any atom is 0.244 e. The molecule has 9 heteroatoms. The van der Waals surface area contributed by atoms with Crippen LogP contribution < -0.4 is 5.73 Å². The van der Waals surface area contributed by atoms with Gasteiger partial charge in [-0.15, -0.1) is 24.8 Å². The monoisotopic (exact) mass is 457 g/mol. The number of halogens is 2. The van der Waals surface area contributed by atoms with Crippen molar-refractivity contribution in [3.05, 3.63) is 36.2 Å². The highest BCUT2D eigenvalue weighted by atomic mass is 35.5. The van der Waals surface area contributed by atoms with Crippen LogP contribution in [0.5, 0.6) is 0 Å². The van der Waals surface area contributed by atoms with Crippen LogP contribution in [-0.2, 0) is 4.79 Å². The maximum absolute atomic E-state index is 12.4. The average molecular weight is 458 g/mol. The van der Waals surface area contributed by atoms with Crippen LogP contribution in [0.15, 0.2) is 34.9 Å². The Balaban J connectivity index is 0.00000225. The Bertz CT molecular complexity index is 736. The molecule has 1 aliphatic heterocycles. The number of unbranched alkanes of at least 4 members (excludes halogenated alkanes) is 3. The summed E-state index contributed by atoms with van der Waals surface area (Å²) in [4.78, 5) is 21.2. The van der Waals surface area contributed by atoms with Gasteiger partial charge >= 0.3 is 0 Å². The number of hydrogen-bond acceptors (Lipinski definition) is 6. The molecule has 1 aliphatic rings. The summed E-state index contributed by atoms with van der Waals surface area (Å²) >= 11 is 0. The number of hydrogen-bond donors (Lipinski definition) is 1. The van der Waals surface area contributed by atoms with Crippen molar-refractivity contribution in [2.24, 2.45) is 5.73 Å². The number of piperazine rings is 1. The minimum Gasteiger partial charge on any atom is -0.340 e. The molecule has 0 bridgehead atoms. The van der Waals surface area contributed by atoms with Crippen molar-refractivity contribution in [2.75, 3.05) is 32.7 Å². The van der Waals surface area contributed by atoms with Gasteiger partial charge in [-0.25, -0.2) is 0 Å². The first kappa shape index (κ1) is 26.4. The number of nitrogens with two attached hydrogens (primary N) is 1. The van der Waals surface area contributed by atoms with Crippen LogP contribution in [0.4, 0.5) is 0 Å². The Morgan fingerprint density at radius 2 is 1.73 bits per heavy atom. The number of carbonyl (C=O) groups excluding carboxylic acids is 1. The van der Waals surface area contributed by atoms with Crippen molar-refractivity contribution in [2.45, 2.75) is 45.1 Å². The molecule has 1 saturated heterocycles. The van der Waals surface area contributed by atoms with Crippen LogP contribution in [0.3, 0.4) is 0 Å². The van der Waals surface area contributed by atoms with Crippen LogP contribution >= 0.6 is 24.8 Å². The van der Waals surface area contributed by atoms with Crippen LogP contribution in [0.2, 0.25) is 0 Å². The molecule has 1 unspecified atom stereocenters. The van der Waals surface area contributed by atoms with Crippen LogP contribution in [0.1, 0.15) is 51.0 Å². The molecule has 168 valence electrons. The Kier molecular flexibility index (Phi) is 11.9. The molecule has 7 nitrogen and oxygen atoms in total. The van der Waals surface area contributed by atoms with Crippen molar-refractivity contribution in [1.29, 1.82) is 0 Å². The van der Waals surface area contributed by atoms with E-state index < -0.39 is 0 Å². The summed E-state index contributed by atoms with van der Waals surface area (Å²) in [5.41, 5.74) is 6.45. The normalized spacial score (nSPS) is 15.2. The second kappa shape index (κ2) is 13.6. The lowest BCUT2D eigenvalue weighted by molar-refractivity contribution is -0.133. The molecule has 30 heavy (non-hydrogen) atoms. The van der Waals surface area contributed by atoms with Crippen LogP contribution in [-0.4, -0.2) is 58.6 Å². The number of aromatic nitrogens is 2. The maximum atomic E-state index is 12.4. The molecule has 1 aromatic heterocycles. The standard InChI is InChI=1S/C21H31N5O2.2ClH/c1-17(21-23-20(24-28-21)18-9-5-4-6-10-18)25-13-15-26(16-14-25)19(27)11-7-2-3-8-12-22;;/h4-6,9-10,17H,2-3,7-8,11-16,22H2,1H3;2*1H. The van der Waals surface area contributed by atoms with E-state index >= 15 is 0 Å². The molecular weight excluding hydrogens is 425 g/mol. The second-order valence-corrected chi connectivity index (χ2v) is 7.37. The number of benzene rings is 1. The van der Waals surface area contributed by atoms with Crippen molar-refractivity contribution in [3.8, 4) is 11.4 Å². The van der Waals surface area contributed by atoms with E-state index in [4.69, 9.17) is 10.3 Å². The smallest absolute Gasteiger partial charge is 0.244 e. The predicted molar refractivity (Wildman–Crippen MR) is 123 cm³/mol. The van der Waals surface area contributed by atoms with Gasteiger partial charge in [-0.05, 0) is 26.3 Å². The summed E-state index contributed by atoms with van der Waals surface area (Å²) in [7, 11) is 0. The lowest BCUT2D eigenvalue weighted by atomic mass is 10.1. The molecule has 2 N–H and O–H groups in total. The van der Waals surface area contributed by atoms with Crippen LogP contribution in [0.25, 0.3) is 11.4 Å². The van der Waals surface area contributed by atoms with Crippen molar-refractivity contribution in [1.82, 2.24) is 19.9 Å². The molecule has 2 heterocycles. The molecule has 2 aromatic rings. The Morgan fingerprint density at radius 1 is 1.07 bits per heavy atom. The third-order valence-electron chi connectivity index (χ3n) is 5.39. The zero-order chi connectivity index (χ0) is 19.8. The van der Waals surface area contributed by atoms with Gasteiger partial charge in [0, 0.05) is 38.2 Å². The highest BCUT2D eigenvalue weighted by Crippen LogP contribution is 2.23. The summed E-state index contributed by atoms with van der Waals surface area (Å²) in [6.45, 7) is 5.97. The van der Waals surface area contributed by atoms with Gasteiger partial charge < -0.3 is 15.2 Å². The topological polar surface area (TPSA) is 88.5 Å². The molecule has 1 fully saturated rings. The van der Waals surface area contributed by atoms with Crippen LogP contribution in [0, 0.1) is 0 Å². The SMILES string of the molecule is CC(c1nc(-c2ccccc2)no1)N1CCN(C(=O)CCCCCCN)CC1.Cl.Cl. The van der Waals surface area contributed by atoms with Gasteiger partial charge in [-0.2, -0.15) is 4.98 Å². The second-order valence-electron chi connectivity index (χ2n) is 7.37. The molecule has 0 aliphatic carbocycles. The number of nitrogens with zero attached hydrogens (tertiary/aromatic N) is 4. The summed E-state index contributed by atoms with van der Waals surface area (Å²) in [6, 6.07) is 9.87. The van der Waals surface area contributed by atoms with E-state index in [1.165, 1.54) is 0 Å².